The van der Waals surface area contributed by atoms with Gasteiger partial charge in [-0.2, -0.15) is 0 Å². The van der Waals surface area contributed by atoms with Crippen LogP contribution in [0.25, 0.3) is 10.6 Å². The first kappa shape index (κ1) is 24.5. The molecule has 2 aromatic heterocycles. The Morgan fingerprint density at radius 1 is 1.28 bits per heavy atom. The molecule has 3 heterocycles. The fourth-order valence-corrected chi connectivity index (χ4v) is 4.74. The Balaban J connectivity index is 0.00000300. The van der Waals surface area contributed by atoms with E-state index in [4.69, 9.17) is 9.73 Å². The standard InChI is InChI=1S/C20H31N5OS2.HI/c1-3-21-20(22-8-4-10-25-11-13-26-14-12-25)23-9-7-17-5-6-19(28-17)18-15-27-16(2)24-18;/h5-6,15H,3-4,7-14H2,1-2H3,(H2,21,22,23);1H. The van der Waals surface area contributed by atoms with E-state index >= 15 is 0 Å². The number of aliphatic imine (C=N–C) groups is 1. The number of nitrogens with zero attached hydrogens (tertiary/aromatic N) is 3. The van der Waals surface area contributed by atoms with Crippen molar-refractivity contribution in [3.8, 4) is 10.6 Å². The minimum Gasteiger partial charge on any atom is -0.379 e. The van der Waals surface area contributed by atoms with Crippen molar-refractivity contribution in [2.45, 2.75) is 26.7 Å². The molecular formula is C20H32IN5OS2. The lowest BCUT2D eigenvalue weighted by Crippen LogP contribution is -2.39. The van der Waals surface area contributed by atoms with Crippen LogP contribution in [-0.2, 0) is 11.2 Å². The van der Waals surface area contributed by atoms with Gasteiger partial charge in [-0.1, -0.05) is 0 Å². The molecular weight excluding hydrogens is 517 g/mol. The number of hydrogen-bond acceptors (Lipinski definition) is 6. The van der Waals surface area contributed by atoms with Crippen LogP contribution in [0.1, 0.15) is 23.2 Å². The molecule has 0 atom stereocenters. The molecule has 162 valence electrons. The Morgan fingerprint density at radius 2 is 2.10 bits per heavy atom. The monoisotopic (exact) mass is 549 g/mol. The van der Waals surface area contributed by atoms with Gasteiger partial charge in [0, 0.05) is 49.5 Å². The third-order valence-electron chi connectivity index (χ3n) is 4.55. The molecule has 0 radical (unpaired) electrons. The number of hydrogen-bond donors (Lipinski definition) is 2. The number of aromatic nitrogens is 1. The minimum atomic E-state index is 0. The van der Waals surface area contributed by atoms with Gasteiger partial charge in [0.1, 0.15) is 0 Å². The summed E-state index contributed by atoms with van der Waals surface area (Å²) in [6.45, 7) is 11.7. The lowest BCUT2D eigenvalue weighted by molar-refractivity contribution is 0.0377. The molecule has 0 aliphatic carbocycles. The topological polar surface area (TPSA) is 61.8 Å². The normalized spacial score (nSPS) is 15.2. The van der Waals surface area contributed by atoms with Gasteiger partial charge in [0.15, 0.2) is 5.96 Å². The first-order chi connectivity index (χ1) is 13.7. The van der Waals surface area contributed by atoms with Crippen LogP contribution in [0.2, 0.25) is 0 Å². The highest BCUT2D eigenvalue weighted by Crippen LogP contribution is 2.29. The van der Waals surface area contributed by atoms with Crippen molar-refractivity contribution in [2.24, 2.45) is 4.99 Å². The molecule has 1 saturated heterocycles. The summed E-state index contributed by atoms with van der Waals surface area (Å²) in [4.78, 5) is 14.4. The van der Waals surface area contributed by atoms with E-state index < -0.39 is 0 Å². The molecule has 0 bridgehead atoms. The fourth-order valence-electron chi connectivity index (χ4n) is 3.08. The van der Waals surface area contributed by atoms with Gasteiger partial charge in [-0.3, -0.25) is 9.89 Å². The third kappa shape index (κ3) is 8.49. The van der Waals surface area contributed by atoms with Gasteiger partial charge in [0.25, 0.3) is 0 Å². The number of nitrogens with one attached hydrogen (secondary N) is 2. The van der Waals surface area contributed by atoms with E-state index in [1.54, 1.807) is 11.3 Å². The Hall–Kier alpha value is -0.750. The van der Waals surface area contributed by atoms with Crippen molar-refractivity contribution in [3.63, 3.8) is 0 Å². The smallest absolute Gasteiger partial charge is 0.191 e. The fraction of sp³-hybridized carbons (Fsp3) is 0.600. The van der Waals surface area contributed by atoms with Crippen LogP contribution >= 0.6 is 46.7 Å². The third-order valence-corrected chi connectivity index (χ3v) is 6.49. The number of rotatable bonds is 9. The number of thiazole rings is 1. The molecule has 1 fully saturated rings. The molecule has 0 aromatic carbocycles. The Kier molecular flexibility index (Phi) is 11.4. The van der Waals surface area contributed by atoms with Gasteiger partial charge < -0.3 is 15.4 Å². The average molecular weight is 550 g/mol. The number of guanidine groups is 1. The Bertz CT molecular complexity index is 743. The summed E-state index contributed by atoms with van der Waals surface area (Å²) in [7, 11) is 0. The van der Waals surface area contributed by atoms with Gasteiger partial charge in [0.2, 0.25) is 0 Å². The zero-order valence-electron chi connectivity index (χ0n) is 17.3. The summed E-state index contributed by atoms with van der Waals surface area (Å²) in [5.41, 5.74) is 1.10. The predicted octanol–water partition coefficient (Wildman–Crippen LogP) is 3.62. The lowest BCUT2D eigenvalue weighted by Gasteiger charge is -2.26. The molecule has 2 aromatic rings. The molecule has 0 saturated carbocycles. The van der Waals surface area contributed by atoms with E-state index in [1.165, 1.54) is 9.75 Å². The summed E-state index contributed by atoms with van der Waals surface area (Å²) >= 11 is 3.53. The zero-order valence-corrected chi connectivity index (χ0v) is 21.2. The number of ether oxygens (including phenoxy) is 1. The summed E-state index contributed by atoms with van der Waals surface area (Å²) < 4.78 is 5.39. The number of morpholine rings is 1. The number of aryl methyl sites for hydroxylation is 1. The van der Waals surface area contributed by atoms with Gasteiger partial charge in [-0.15, -0.1) is 46.7 Å². The van der Waals surface area contributed by atoms with E-state index in [2.05, 4.69) is 51.9 Å². The van der Waals surface area contributed by atoms with Gasteiger partial charge in [-0.25, -0.2) is 4.98 Å². The molecule has 0 amide bonds. The average Bonchev–Trinajstić information content (AvgIpc) is 3.35. The van der Waals surface area contributed by atoms with Gasteiger partial charge >= 0.3 is 0 Å². The molecule has 1 aliphatic rings. The van der Waals surface area contributed by atoms with Crippen molar-refractivity contribution >= 4 is 52.6 Å². The second-order valence-corrected chi connectivity index (χ2v) is 8.99. The van der Waals surface area contributed by atoms with Crippen LogP contribution in [0.5, 0.6) is 0 Å². The first-order valence-corrected chi connectivity index (χ1v) is 11.8. The van der Waals surface area contributed by atoms with E-state index in [-0.39, 0.29) is 24.0 Å². The highest BCUT2D eigenvalue weighted by molar-refractivity contribution is 14.0. The molecule has 0 unspecified atom stereocenters. The van der Waals surface area contributed by atoms with Crippen LogP contribution in [0.4, 0.5) is 0 Å². The van der Waals surface area contributed by atoms with Crippen molar-refractivity contribution in [3.05, 3.63) is 27.4 Å². The maximum absolute atomic E-state index is 5.39. The molecule has 0 spiro atoms. The van der Waals surface area contributed by atoms with E-state index in [9.17, 15) is 0 Å². The van der Waals surface area contributed by atoms with Crippen LogP contribution in [0.3, 0.4) is 0 Å². The largest absolute Gasteiger partial charge is 0.379 e. The first-order valence-electron chi connectivity index (χ1n) is 10.1. The molecule has 3 rings (SSSR count). The van der Waals surface area contributed by atoms with Crippen molar-refractivity contribution in [2.75, 3.05) is 52.5 Å². The summed E-state index contributed by atoms with van der Waals surface area (Å²) in [6, 6.07) is 4.39. The zero-order chi connectivity index (χ0) is 19.6. The van der Waals surface area contributed by atoms with Crippen LogP contribution in [0, 0.1) is 6.92 Å². The summed E-state index contributed by atoms with van der Waals surface area (Å²) in [6.07, 6.45) is 2.07. The number of halogens is 1. The van der Waals surface area contributed by atoms with Gasteiger partial charge in [-0.05, 0) is 38.8 Å². The highest BCUT2D eigenvalue weighted by atomic mass is 127. The van der Waals surface area contributed by atoms with E-state index in [0.29, 0.717) is 0 Å². The minimum absolute atomic E-state index is 0. The Labute approximate surface area is 199 Å². The molecule has 6 nitrogen and oxygen atoms in total. The van der Waals surface area contributed by atoms with Crippen LogP contribution in [-0.4, -0.2) is 68.3 Å². The highest BCUT2D eigenvalue weighted by Gasteiger charge is 2.09. The summed E-state index contributed by atoms with van der Waals surface area (Å²) in [5.74, 6) is 0.913. The van der Waals surface area contributed by atoms with Crippen LogP contribution < -0.4 is 10.6 Å². The second-order valence-electron chi connectivity index (χ2n) is 6.76. The van der Waals surface area contributed by atoms with E-state index in [1.807, 2.05) is 11.3 Å². The molecule has 9 heteroatoms. The van der Waals surface area contributed by atoms with Crippen molar-refractivity contribution in [1.82, 2.24) is 20.5 Å². The van der Waals surface area contributed by atoms with Crippen molar-refractivity contribution < 1.29 is 4.74 Å². The second kappa shape index (κ2) is 13.5. The Morgan fingerprint density at radius 3 is 2.83 bits per heavy atom. The van der Waals surface area contributed by atoms with Crippen molar-refractivity contribution in [1.29, 1.82) is 0 Å². The van der Waals surface area contributed by atoms with Crippen LogP contribution in [0.15, 0.2) is 22.5 Å². The lowest BCUT2D eigenvalue weighted by atomic mass is 10.3. The molecule has 29 heavy (non-hydrogen) atoms. The molecule has 2 N–H and O–H groups in total. The quantitative estimate of drug-likeness (QED) is 0.217. The predicted molar refractivity (Wildman–Crippen MR) is 135 cm³/mol. The number of thiophene rings is 1. The maximum atomic E-state index is 5.39. The SMILES string of the molecule is CCNC(=NCCCN1CCOCC1)NCCc1ccc(-c2csc(C)n2)s1.I. The van der Waals surface area contributed by atoms with E-state index in [0.717, 1.165) is 82.0 Å². The van der Waals surface area contributed by atoms with Gasteiger partial charge in [0.05, 0.1) is 28.8 Å². The molecule has 1 aliphatic heterocycles. The summed E-state index contributed by atoms with van der Waals surface area (Å²) in [5, 5.41) is 10.1. The maximum Gasteiger partial charge on any atom is 0.191 e.